The van der Waals surface area contributed by atoms with E-state index in [1.807, 2.05) is 0 Å². The van der Waals surface area contributed by atoms with Gasteiger partial charge in [0.05, 0.1) is 6.54 Å². The predicted molar refractivity (Wildman–Crippen MR) is 64.3 cm³/mol. The molecule has 4 nitrogen and oxygen atoms in total. The van der Waals surface area contributed by atoms with E-state index in [2.05, 4.69) is 28.4 Å². The molecule has 0 amide bonds. The Balaban J connectivity index is 1.97. The average Bonchev–Trinajstić information content (AvgIpc) is 2.87. The van der Waals surface area contributed by atoms with Crippen LogP contribution in [-0.4, -0.2) is 10.2 Å². The van der Waals surface area contributed by atoms with E-state index in [9.17, 15) is 0 Å². The lowest BCUT2D eigenvalue weighted by Gasteiger charge is -2.15. The van der Waals surface area contributed by atoms with E-state index < -0.39 is 0 Å². The number of benzene rings is 1. The van der Waals surface area contributed by atoms with Gasteiger partial charge >= 0.3 is 0 Å². The van der Waals surface area contributed by atoms with E-state index in [0.29, 0.717) is 11.8 Å². The number of hydrogen-bond acceptors (Lipinski definition) is 4. The first-order chi connectivity index (χ1) is 8.36. The van der Waals surface area contributed by atoms with E-state index >= 15 is 0 Å². The van der Waals surface area contributed by atoms with Crippen molar-refractivity contribution in [2.24, 2.45) is 5.73 Å². The summed E-state index contributed by atoms with van der Waals surface area (Å²) in [5.74, 6) is 1.05. The largest absolute Gasteiger partial charge is 0.419 e. The number of nitrogens with zero attached hydrogens (tertiary/aromatic N) is 2. The molecule has 2 N–H and O–H groups in total. The van der Waals surface area contributed by atoms with E-state index in [0.717, 1.165) is 12.0 Å². The first kappa shape index (κ1) is 10.5. The number of aromatic nitrogens is 2. The van der Waals surface area contributed by atoms with Gasteiger partial charge in [0.15, 0.2) is 0 Å². The molecule has 0 saturated carbocycles. The summed E-state index contributed by atoms with van der Waals surface area (Å²) in [6.07, 6.45) is 4.91. The Morgan fingerprint density at radius 1 is 1.12 bits per heavy atom. The summed E-state index contributed by atoms with van der Waals surface area (Å²) in [5, 5.41) is 7.89. The highest BCUT2D eigenvalue weighted by atomic mass is 16.4. The van der Waals surface area contributed by atoms with E-state index in [1.54, 1.807) is 0 Å². The van der Waals surface area contributed by atoms with Crippen molar-refractivity contribution in [1.29, 1.82) is 0 Å². The SMILES string of the molecule is NCc1nnc(-c2ccc3c(c2)CCCC3)o1. The van der Waals surface area contributed by atoms with Gasteiger partial charge in [-0.05, 0) is 48.9 Å². The highest BCUT2D eigenvalue weighted by Crippen LogP contribution is 2.26. The van der Waals surface area contributed by atoms with Gasteiger partial charge in [0.25, 0.3) is 0 Å². The van der Waals surface area contributed by atoms with Crippen LogP contribution in [0.3, 0.4) is 0 Å². The average molecular weight is 229 g/mol. The second-order valence-corrected chi connectivity index (χ2v) is 4.40. The summed E-state index contributed by atoms with van der Waals surface area (Å²) >= 11 is 0. The third kappa shape index (κ3) is 1.96. The minimum absolute atomic E-state index is 0.290. The van der Waals surface area contributed by atoms with Crippen LogP contribution in [0.4, 0.5) is 0 Å². The quantitative estimate of drug-likeness (QED) is 0.856. The molecule has 0 spiro atoms. The van der Waals surface area contributed by atoms with Crippen molar-refractivity contribution in [2.45, 2.75) is 32.2 Å². The summed E-state index contributed by atoms with van der Waals surface area (Å²) in [6, 6.07) is 6.40. The van der Waals surface area contributed by atoms with Gasteiger partial charge in [-0.1, -0.05) is 6.07 Å². The van der Waals surface area contributed by atoms with Crippen LogP contribution in [0.25, 0.3) is 11.5 Å². The van der Waals surface area contributed by atoms with Gasteiger partial charge in [-0.2, -0.15) is 0 Å². The number of rotatable bonds is 2. The summed E-state index contributed by atoms with van der Waals surface area (Å²) in [5.41, 5.74) is 9.33. The molecule has 4 heteroatoms. The Morgan fingerprint density at radius 2 is 1.94 bits per heavy atom. The van der Waals surface area contributed by atoms with Crippen LogP contribution in [0, 0.1) is 0 Å². The highest BCUT2D eigenvalue weighted by molar-refractivity contribution is 5.55. The molecule has 0 radical (unpaired) electrons. The Hall–Kier alpha value is -1.68. The van der Waals surface area contributed by atoms with Crippen LogP contribution in [0.2, 0.25) is 0 Å². The molecule has 0 unspecified atom stereocenters. The molecule has 0 bridgehead atoms. The van der Waals surface area contributed by atoms with Gasteiger partial charge in [0, 0.05) is 5.56 Å². The van der Waals surface area contributed by atoms with Crippen molar-refractivity contribution in [2.75, 3.05) is 0 Å². The molecule has 1 heterocycles. The van der Waals surface area contributed by atoms with Crippen molar-refractivity contribution < 1.29 is 4.42 Å². The Morgan fingerprint density at radius 3 is 2.71 bits per heavy atom. The molecular weight excluding hydrogens is 214 g/mol. The van der Waals surface area contributed by atoms with E-state index in [1.165, 1.54) is 30.4 Å². The molecule has 2 aromatic rings. The topological polar surface area (TPSA) is 64.9 Å². The minimum atomic E-state index is 0.290. The first-order valence-corrected chi connectivity index (χ1v) is 6.01. The van der Waals surface area contributed by atoms with E-state index in [4.69, 9.17) is 10.2 Å². The summed E-state index contributed by atoms with van der Waals surface area (Å²) in [7, 11) is 0. The lowest BCUT2D eigenvalue weighted by atomic mass is 9.90. The van der Waals surface area contributed by atoms with Crippen molar-refractivity contribution in [3.05, 3.63) is 35.2 Å². The lowest BCUT2D eigenvalue weighted by Crippen LogP contribution is -2.02. The van der Waals surface area contributed by atoms with Gasteiger partial charge < -0.3 is 10.2 Å². The third-order valence-corrected chi connectivity index (χ3v) is 3.24. The monoisotopic (exact) mass is 229 g/mol. The number of aryl methyl sites for hydroxylation is 2. The highest BCUT2D eigenvalue weighted by Gasteiger charge is 2.13. The molecule has 17 heavy (non-hydrogen) atoms. The fourth-order valence-electron chi connectivity index (χ4n) is 2.32. The maximum absolute atomic E-state index is 5.46. The molecule has 1 aliphatic rings. The van der Waals surface area contributed by atoms with Gasteiger partial charge in [-0.3, -0.25) is 0 Å². The van der Waals surface area contributed by atoms with E-state index in [-0.39, 0.29) is 6.54 Å². The number of nitrogens with two attached hydrogens (primary N) is 1. The zero-order valence-corrected chi connectivity index (χ0v) is 9.65. The van der Waals surface area contributed by atoms with Crippen LogP contribution in [0.5, 0.6) is 0 Å². The minimum Gasteiger partial charge on any atom is -0.419 e. The molecule has 3 rings (SSSR count). The normalized spacial score (nSPS) is 14.6. The zero-order valence-electron chi connectivity index (χ0n) is 9.65. The summed E-state index contributed by atoms with van der Waals surface area (Å²) < 4.78 is 5.46. The second kappa shape index (κ2) is 4.30. The van der Waals surface area contributed by atoms with Crippen molar-refractivity contribution in [3.63, 3.8) is 0 Å². The van der Waals surface area contributed by atoms with Crippen LogP contribution in [0.15, 0.2) is 22.6 Å². The maximum Gasteiger partial charge on any atom is 0.247 e. The summed E-state index contributed by atoms with van der Waals surface area (Å²) in [6.45, 7) is 0.290. The molecule has 0 saturated heterocycles. The van der Waals surface area contributed by atoms with Crippen LogP contribution < -0.4 is 5.73 Å². The number of fused-ring (bicyclic) bond motifs is 1. The fourth-order valence-corrected chi connectivity index (χ4v) is 2.32. The zero-order chi connectivity index (χ0) is 11.7. The third-order valence-electron chi connectivity index (χ3n) is 3.24. The molecule has 0 atom stereocenters. The molecule has 0 aliphatic heterocycles. The summed E-state index contributed by atoms with van der Waals surface area (Å²) in [4.78, 5) is 0. The Labute approximate surface area is 99.8 Å². The Bertz CT molecular complexity index is 533. The van der Waals surface area contributed by atoms with Gasteiger partial charge in [-0.25, -0.2) is 0 Å². The standard InChI is InChI=1S/C13H15N3O/c14-8-12-15-16-13(17-12)11-6-5-9-3-1-2-4-10(9)7-11/h5-7H,1-4,8,14H2. The van der Waals surface area contributed by atoms with Crippen molar-refractivity contribution in [3.8, 4) is 11.5 Å². The lowest BCUT2D eigenvalue weighted by molar-refractivity contribution is 0.508. The smallest absolute Gasteiger partial charge is 0.247 e. The molecule has 1 aromatic heterocycles. The molecule has 1 aromatic carbocycles. The fraction of sp³-hybridized carbons (Fsp3) is 0.385. The molecule has 1 aliphatic carbocycles. The number of hydrogen-bond donors (Lipinski definition) is 1. The molecular formula is C13H15N3O. The molecule has 88 valence electrons. The molecule has 0 fully saturated rings. The van der Waals surface area contributed by atoms with Crippen molar-refractivity contribution >= 4 is 0 Å². The van der Waals surface area contributed by atoms with Gasteiger partial charge in [-0.15, -0.1) is 10.2 Å². The van der Waals surface area contributed by atoms with Gasteiger partial charge in [0.2, 0.25) is 11.8 Å². The predicted octanol–water partition coefficient (Wildman–Crippen LogP) is 2.07. The Kier molecular flexibility index (Phi) is 2.65. The first-order valence-electron chi connectivity index (χ1n) is 6.01. The maximum atomic E-state index is 5.46. The second-order valence-electron chi connectivity index (χ2n) is 4.40. The van der Waals surface area contributed by atoms with Crippen molar-refractivity contribution in [1.82, 2.24) is 10.2 Å². The van der Waals surface area contributed by atoms with Crippen LogP contribution >= 0.6 is 0 Å². The van der Waals surface area contributed by atoms with Crippen LogP contribution in [-0.2, 0) is 19.4 Å². The van der Waals surface area contributed by atoms with Crippen LogP contribution in [0.1, 0.15) is 29.9 Å². The van der Waals surface area contributed by atoms with Gasteiger partial charge in [0.1, 0.15) is 0 Å².